The largest absolute Gasteiger partial charge is 0.507 e. The van der Waals surface area contributed by atoms with Gasteiger partial charge in [0.2, 0.25) is 0 Å². The van der Waals surface area contributed by atoms with Gasteiger partial charge in [-0.3, -0.25) is 4.79 Å². The average Bonchev–Trinajstić information content (AvgIpc) is 3.24. The number of aryl methyl sites for hydroxylation is 1. The molecule has 1 aromatic heterocycles. The Bertz CT molecular complexity index is 1290. The number of amides is 1. The van der Waals surface area contributed by atoms with Gasteiger partial charge < -0.3 is 5.11 Å². The molecular weight excluding hydrogens is 458 g/mol. The number of halogens is 1. The number of benzene rings is 3. The molecule has 3 aromatic carbocycles. The molecule has 166 valence electrons. The zero-order valence-corrected chi connectivity index (χ0v) is 19.3. The van der Waals surface area contributed by atoms with Gasteiger partial charge in [-0.15, -0.1) is 5.10 Å². The summed E-state index contributed by atoms with van der Waals surface area (Å²) in [6.45, 7) is 2.03. The molecule has 0 unspecified atom stereocenters. The lowest BCUT2D eigenvalue weighted by Crippen LogP contribution is -2.34. The second kappa shape index (κ2) is 10.3. The molecule has 4 rings (SSSR count). The Morgan fingerprint density at radius 2 is 1.88 bits per heavy atom. The molecule has 0 bridgehead atoms. The van der Waals surface area contributed by atoms with Crippen LogP contribution in [0.1, 0.15) is 11.1 Å². The third-order valence-corrected chi connectivity index (χ3v) is 5.93. The fourth-order valence-electron chi connectivity index (χ4n) is 3.06. The van der Waals surface area contributed by atoms with Crippen molar-refractivity contribution >= 4 is 35.5 Å². The highest BCUT2D eigenvalue weighted by molar-refractivity contribution is 7.99. The number of carbonyl (C=O) groups excluding carboxylic acids is 1. The highest BCUT2D eigenvalue weighted by Crippen LogP contribution is 2.21. The van der Waals surface area contributed by atoms with Crippen LogP contribution in [0.25, 0.3) is 17.1 Å². The Labute approximate surface area is 200 Å². The van der Waals surface area contributed by atoms with Crippen LogP contribution in [-0.2, 0) is 4.79 Å². The summed E-state index contributed by atoms with van der Waals surface area (Å²) in [6, 6.07) is 22.3. The fourth-order valence-corrected chi connectivity index (χ4v) is 3.95. The lowest BCUT2D eigenvalue weighted by atomic mass is 10.1. The van der Waals surface area contributed by atoms with E-state index in [1.54, 1.807) is 24.3 Å². The van der Waals surface area contributed by atoms with Gasteiger partial charge in [0.15, 0.2) is 0 Å². The molecule has 33 heavy (non-hydrogen) atoms. The standard InChI is InChI=1S/C24H20ClN5O2S/c1-16-6-8-17(9-7-16)23-28-29-24(30(23)20-12-10-19(25)11-13-20)33-15-22(32)27-26-14-18-4-2-3-5-21(18)31/h2-14H,15H2,1H3,(H2,26,27,31,32)/p+1. The number of nitrogens with one attached hydrogen (secondary N) is 2. The monoisotopic (exact) mass is 478 g/mol. The third kappa shape index (κ3) is 5.60. The van der Waals surface area contributed by atoms with Crippen LogP contribution < -0.4 is 9.99 Å². The van der Waals surface area contributed by atoms with Crippen molar-refractivity contribution in [3.8, 4) is 22.8 Å². The minimum absolute atomic E-state index is 0.0917. The molecule has 0 aliphatic heterocycles. The van der Waals surface area contributed by atoms with Gasteiger partial charge in [0.25, 0.3) is 11.7 Å². The lowest BCUT2D eigenvalue weighted by Gasteiger charge is -2.05. The number of hydrogen-bond donors (Lipinski definition) is 3. The van der Waals surface area contributed by atoms with Gasteiger partial charge in [0.05, 0.1) is 22.6 Å². The Balaban J connectivity index is 1.52. The summed E-state index contributed by atoms with van der Waals surface area (Å²) in [5.74, 6) is 0.685. The van der Waals surface area contributed by atoms with Crippen LogP contribution in [0.15, 0.2) is 83.1 Å². The summed E-state index contributed by atoms with van der Waals surface area (Å²) in [5, 5.41) is 22.5. The van der Waals surface area contributed by atoms with Crippen molar-refractivity contribution in [2.24, 2.45) is 5.10 Å². The number of aromatic amines is 1. The second-order valence-electron chi connectivity index (χ2n) is 7.17. The first-order valence-electron chi connectivity index (χ1n) is 10.1. The minimum Gasteiger partial charge on any atom is -0.507 e. The molecule has 0 aliphatic carbocycles. The number of hydrogen-bond acceptors (Lipinski definition) is 5. The van der Waals surface area contributed by atoms with E-state index in [4.69, 9.17) is 11.6 Å². The van der Waals surface area contributed by atoms with Crippen LogP contribution in [0.5, 0.6) is 5.75 Å². The number of nitrogens with zero attached hydrogens (tertiary/aromatic N) is 3. The van der Waals surface area contributed by atoms with Gasteiger partial charge in [-0.05, 0) is 67.2 Å². The molecule has 1 heterocycles. The third-order valence-electron chi connectivity index (χ3n) is 4.74. The molecule has 0 spiro atoms. The van der Waals surface area contributed by atoms with Gasteiger partial charge >= 0.3 is 5.16 Å². The first-order valence-corrected chi connectivity index (χ1v) is 11.4. The Kier molecular flexibility index (Phi) is 7.07. The zero-order valence-electron chi connectivity index (χ0n) is 17.7. The van der Waals surface area contributed by atoms with E-state index in [0.717, 1.165) is 22.6 Å². The van der Waals surface area contributed by atoms with Crippen molar-refractivity contribution in [3.63, 3.8) is 0 Å². The van der Waals surface area contributed by atoms with E-state index < -0.39 is 0 Å². The molecule has 0 saturated carbocycles. The predicted molar refractivity (Wildman–Crippen MR) is 130 cm³/mol. The quantitative estimate of drug-likeness (QED) is 0.160. The summed E-state index contributed by atoms with van der Waals surface area (Å²) in [6.07, 6.45) is 1.40. The first-order chi connectivity index (χ1) is 16.0. The number of rotatable bonds is 7. The van der Waals surface area contributed by atoms with Gasteiger partial charge in [-0.2, -0.15) is 9.67 Å². The highest BCUT2D eigenvalue weighted by Gasteiger charge is 2.24. The number of para-hydroxylation sites is 1. The summed E-state index contributed by atoms with van der Waals surface area (Å²) in [7, 11) is 0. The van der Waals surface area contributed by atoms with Crippen molar-refractivity contribution in [2.45, 2.75) is 12.1 Å². The maximum Gasteiger partial charge on any atom is 0.342 e. The van der Waals surface area contributed by atoms with Gasteiger partial charge in [-0.1, -0.05) is 41.4 Å². The van der Waals surface area contributed by atoms with Crippen LogP contribution in [0.2, 0.25) is 5.02 Å². The molecule has 0 saturated heterocycles. The molecule has 1 amide bonds. The van der Waals surface area contributed by atoms with Crippen LogP contribution in [0.3, 0.4) is 0 Å². The first kappa shape index (κ1) is 22.6. The number of aromatic hydroxyl groups is 1. The van der Waals surface area contributed by atoms with Crippen molar-refractivity contribution < 1.29 is 14.5 Å². The number of phenols is 1. The molecule has 0 fully saturated rings. The Morgan fingerprint density at radius 3 is 2.61 bits per heavy atom. The van der Waals surface area contributed by atoms with E-state index in [1.807, 2.05) is 60.0 Å². The molecule has 0 radical (unpaired) electrons. The Hall–Kier alpha value is -3.62. The van der Waals surface area contributed by atoms with E-state index in [0.29, 0.717) is 15.7 Å². The van der Waals surface area contributed by atoms with Crippen LogP contribution in [0.4, 0.5) is 0 Å². The maximum atomic E-state index is 12.3. The molecule has 0 atom stereocenters. The summed E-state index contributed by atoms with van der Waals surface area (Å²) < 4.78 is 1.95. The summed E-state index contributed by atoms with van der Waals surface area (Å²) in [5.41, 5.74) is 5.98. The lowest BCUT2D eigenvalue weighted by molar-refractivity contribution is -0.625. The molecule has 9 heteroatoms. The average molecular weight is 479 g/mol. The second-order valence-corrected chi connectivity index (χ2v) is 8.55. The molecule has 7 nitrogen and oxygen atoms in total. The van der Waals surface area contributed by atoms with Crippen molar-refractivity contribution in [3.05, 3.63) is 88.9 Å². The number of thioether (sulfide) groups is 1. The number of carbonyl (C=O) groups is 1. The van der Waals surface area contributed by atoms with Crippen molar-refractivity contribution in [1.29, 1.82) is 0 Å². The van der Waals surface area contributed by atoms with Gasteiger partial charge in [0.1, 0.15) is 11.4 Å². The highest BCUT2D eigenvalue weighted by atomic mass is 35.5. The molecule has 3 N–H and O–H groups in total. The number of H-pyrrole nitrogens is 1. The molecular formula is C24H21ClN5O2S+. The Morgan fingerprint density at radius 1 is 1.15 bits per heavy atom. The van der Waals surface area contributed by atoms with Gasteiger partial charge in [0, 0.05) is 10.6 Å². The van der Waals surface area contributed by atoms with Crippen LogP contribution in [0, 0.1) is 6.92 Å². The van der Waals surface area contributed by atoms with Crippen molar-refractivity contribution in [2.75, 3.05) is 5.75 Å². The smallest absolute Gasteiger partial charge is 0.342 e. The predicted octanol–water partition coefficient (Wildman–Crippen LogP) is 4.26. The van der Waals surface area contributed by atoms with E-state index in [9.17, 15) is 9.90 Å². The minimum atomic E-state index is -0.297. The number of phenolic OH excluding ortho intramolecular Hbond substituents is 1. The molecule has 4 aromatic rings. The number of aromatic nitrogens is 3. The van der Waals surface area contributed by atoms with Crippen molar-refractivity contribution in [1.82, 2.24) is 15.6 Å². The SMILES string of the molecule is Cc1ccc(-c2[nH]nc(SCC(=O)NN=Cc3ccccc3O)[n+]2-c2ccc(Cl)cc2)cc1. The van der Waals surface area contributed by atoms with Crippen LogP contribution in [-0.4, -0.2) is 33.2 Å². The van der Waals surface area contributed by atoms with E-state index >= 15 is 0 Å². The van der Waals surface area contributed by atoms with E-state index in [2.05, 4.69) is 20.7 Å². The van der Waals surface area contributed by atoms with E-state index in [-0.39, 0.29) is 17.4 Å². The maximum absolute atomic E-state index is 12.3. The van der Waals surface area contributed by atoms with Gasteiger partial charge in [-0.25, -0.2) is 5.43 Å². The van der Waals surface area contributed by atoms with Crippen LogP contribution >= 0.6 is 23.4 Å². The zero-order chi connectivity index (χ0) is 23.2. The fraction of sp³-hybridized carbons (Fsp3) is 0.0833. The van der Waals surface area contributed by atoms with E-state index in [1.165, 1.54) is 18.0 Å². The number of hydrazone groups is 1. The summed E-state index contributed by atoms with van der Waals surface area (Å²) >= 11 is 7.35. The molecule has 0 aliphatic rings. The summed E-state index contributed by atoms with van der Waals surface area (Å²) in [4.78, 5) is 12.3. The topological polar surface area (TPSA) is 94.2 Å². The normalized spacial score (nSPS) is 11.1.